The molecule has 2 rings (SSSR count). The standard InChI is InChI=1S/C18H22ClN3O2/c1-12(2)16(13-6-8-15(19)9-7-13)22-18(23)21-11-14-5-4-10-20-17(14)24-3/h4-10,12,16H,11H2,1-3H3,(H2,21,22,23)/t16-/m1/s1. The monoisotopic (exact) mass is 347 g/mol. The van der Waals surface area contributed by atoms with Gasteiger partial charge in [0.2, 0.25) is 5.88 Å². The number of nitrogens with zero attached hydrogens (tertiary/aromatic N) is 1. The molecule has 0 bridgehead atoms. The topological polar surface area (TPSA) is 63.2 Å². The zero-order valence-corrected chi connectivity index (χ0v) is 14.8. The third kappa shape index (κ3) is 4.86. The molecular formula is C18H22ClN3O2. The second-order valence-electron chi connectivity index (χ2n) is 5.77. The number of carbonyl (C=O) groups is 1. The van der Waals surface area contributed by atoms with Crippen LogP contribution in [0.5, 0.6) is 5.88 Å². The van der Waals surface area contributed by atoms with Crippen LogP contribution in [0.4, 0.5) is 4.79 Å². The maximum absolute atomic E-state index is 12.3. The molecule has 128 valence electrons. The largest absolute Gasteiger partial charge is 0.481 e. The van der Waals surface area contributed by atoms with E-state index in [0.29, 0.717) is 17.4 Å². The van der Waals surface area contributed by atoms with E-state index in [1.807, 2.05) is 36.4 Å². The number of aromatic nitrogens is 1. The van der Waals surface area contributed by atoms with Crippen LogP contribution < -0.4 is 15.4 Å². The van der Waals surface area contributed by atoms with Crippen LogP contribution in [0.2, 0.25) is 5.02 Å². The molecule has 1 atom stereocenters. The van der Waals surface area contributed by atoms with Crippen molar-refractivity contribution in [3.8, 4) is 5.88 Å². The molecule has 0 fully saturated rings. The first-order valence-corrected chi connectivity index (χ1v) is 8.16. The van der Waals surface area contributed by atoms with Crippen molar-refractivity contribution in [2.24, 2.45) is 5.92 Å². The van der Waals surface area contributed by atoms with Gasteiger partial charge in [0.25, 0.3) is 0 Å². The number of methoxy groups -OCH3 is 1. The minimum absolute atomic E-state index is 0.0990. The zero-order chi connectivity index (χ0) is 17.5. The predicted molar refractivity (Wildman–Crippen MR) is 95.2 cm³/mol. The SMILES string of the molecule is COc1ncccc1CNC(=O)N[C@@H](c1ccc(Cl)cc1)C(C)C. The van der Waals surface area contributed by atoms with E-state index in [0.717, 1.165) is 11.1 Å². The third-order valence-electron chi connectivity index (χ3n) is 3.67. The van der Waals surface area contributed by atoms with Gasteiger partial charge in [0.1, 0.15) is 0 Å². The van der Waals surface area contributed by atoms with E-state index in [1.54, 1.807) is 13.3 Å². The number of hydrogen-bond acceptors (Lipinski definition) is 3. The summed E-state index contributed by atoms with van der Waals surface area (Å²) in [4.78, 5) is 16.4. The Morgan fingerprint density at radius 3 is 2.58 bits per heavy atom. The summed E-state index contributed by atoms with van der Waals surface area (Å²) in [5.41, 5.74) is 1.84. The summed E-state index contributed by atoms with van der Waals surface area (Å²) >= 11 is 5.93. The Morgan fingerprint density at radius 2 is 1.96 bits per heavy atom. The number of hydrogen-bond donors (Lipinski definition) is 2. The van der Waals surface area contributed by atoms with Crippen LogP contribution in [0.15, 0.2) is 42.6 Å². The molecule has 6 heteroatoms. The van der Waals surface area contributed by atoms with Crippen molar-refractivity contribution in [3.05, 3.63) is 58.7 Å². The molecule has 1 heterocycles. The van der Waals surface area contributed by atoms with Crippen LogP contribution in [0.25, 0.3) is 0 Å². The molecule has 0 saturated carbocycles. The molecule has 2 N–H and O–H groups in total. The summed E-state index contributed by atoms with van der Waals surface area (Å²) in [6, 6.07) is 10.8. The van der Waals surface area contributed by atoms with Crippen molar-refractivity contribution in [3.63, 3.8) is 0 Å². The maximum Gasteiger partial charge on any atom is 0.315 e. The van der Waals surface area contributed by atoms with Crippen molar-refractivity contribution in [2.45, 2.75) is 26.4 Å². The van der Waals surface area contributed by atoms with E-state index in [1.165, 1.54) is 0 Å². The first kappa shape index (κ1) is 18.1. The highest BCUT2D eigenvalue weighted by molar-refractivity contribution is 6.30. The van der Waals surface area contributed by atoms with Crippen molar-refractivity contribution < 1.29 is 9.53 Å². The highest BCUT2D eigenvalue weighted by atomic mass is 35.5. The summed E-state index contributed by atoms with van der Waals surface area (Å²) < 4.78 is 5.18. The maximum atomic E-state index is 12.3. The van der Waals surface area contributed by atoms with Gasteiger partial charge in [-0.05, 0) is 29.7 Å². The van der Waals surface area contributed by atoms with Gasteiger partial charge in [-0.2, -0.15) is 0 Å². The number of ether oxygens (including phenoxy) is 1. The lowest BCUT2D eigenvalue weighted by Gasteiger charge is -2.23. The van der Waals surface area contributed by atoms with Crippen LogP contribution in [-0.4, -0.2) is 18.1 Å². The molecule has 0 aliphatic rings. The highest BCUT2D eigenvalue weighted by Gasteiger charge is 2.18. The van der Waals surface area contributed by atoms with E-state index >= 15 is 0 Å². The molecule has 0 unspecified atom stereocenters. The van der Waals surface area contributed by atoms with Gasteiger partial charge in [-0.25, -0.2) is 9.78 Å². The number of nitrogens with one attached hydrogen (secondary N) is 2. The Hall–Kier alpha value is -2.27. The first-order chi connectivity index (χ1) is 11.5. The Balaban J connectivity index is 1.99. The van der Waals surface area contributed by atoms with Crippen molar-refractivity contribution >= 4 is 17.6 Å². The Morgan fingerprint density at radius 1 is 1.25 bits per heavy atom. The fourth-order valence-corrected chi connectivity index (χ4v) is 2.54. The summed E-state index contributed by atoms with van der Waals surface area (Å²) in [6.45, 7) is 4.46. The molecule has 5 nitrogen and oxygen atoms in total. The average Bonchev–Trinajstić information content (AvgIpc) is 2.58. The molecule has 0 saturated heterocycles. The smallest absolute Gasteiger partial charge is 0.315 e. The molecule has 0 spiro atoms. The predicted octanol–water partition coefficient (Wildman–Crippen LogP) is 3.94. The summed E-state index contributed by atoms with van der Waals surface area (Å²) in [7, 11) is 1.56. The van der Waals surface area contributed by atoms with Gasteiger partial charge in [0.15, 0.2) is 0 Å². The van der Waals surface area contributed by atoms with Crippen LogP contribution in [0, 0.1) is 5.92 Å². The van der Waals surface area contributed by atoms with Crippen molar-refractivity contribution in [1.29, 1.82) is 0 Å². The molecule has 0 aliphatic heterocycles. The minimum Gasteiger partial charge on any atom is -0.481 e. The van der Waals surface area contributed by atoms with Gasteiger partial charge in [-0.15, -0.1) is 0 Å². The van der Waals surface area contributed by atoms with E-state index in [9.17, 15) is 4.79 Å². The molecule has 1 aromatic carbocycles. The number of pyridine rings is 1. The fourth-order valence-electron chi connectivity index (χ4n) is 2.42. The summed E-state index contributed by atoms with van der Waals surface area (Å²) in [5, 5.41) is 6.52. The lowest BCUT2D eigenvalue weighted by molar-refractivity contribution is 0.232. The Kier molecular flexibility index (Phi) is 6.44. The normalized spacial score (nSPS) is 11.9. The number of amides is 2. The average molecular weight is 348 g/mol. The van der Waals surface area contributed by atoms with Crippen molar-refractivity contribution in [1.82, 2.24) is 15.6 Å². The lowest BCUT2D eigenvalue weighted by atomic mass is 9.96. The molecule has 2 amide bonds. The van der Waals surface area contributed by atoms with Gasteiger partial charge >= 0.3 is 6.03 Å². The van der Waals surface area contributed by atoms with Crippen LogP contribution in [0.1, 0.15) is 31.0 Å². The third-order valence-corrected chi connectivity index (χ3v) is 3.92. The number of benzene rings is 1. The Labute approximate surface area is 147 Å². The van der Waals surface area contributed by atoms with Gasteiger partial charge in [-0.1, -0.05) is 43.6 Å². The number of rotatable bonds is 6. The van der Waals surface area contributed by atoms with E-state index in [2.05, 4.69) is 29.5 Å². The first-order valence-electron chi connectivity index (χ1n) is 7.79. The van der Waals surface area contributed by atoms with Crippen LogP contribution in [0.3, 0.4) is 0 Å². The molecule has 2 aromatic rings. The van der Waals surface area contributed by atoms with Crippen molar-refractivity contribution in [2.75, 3.05) is 7.11 Å². The number of halogens is 1. The van der Waals surface area contributed by atoms with Gasteiger partial charge in [0.05, 0.1) is 13.2 Å². The summed E-state index contributed by atoms with van der Waals surface area (Å²) in [6.07, 6.45) is 1.65. The zero-order valence-electron chi connectivity index (χ0n) is 14.0. The number of urea groups is 1. The lowest BCUT2D eigenvalue weighted by Crippen LogP contribution is -2.39. The van der Waals surface area contributed by atoms with Crippen LogP contribution >= 0.6 is 11.6 Å². The molecule has 0 radical (unpaired) electrons. The second-order valence-corrected chi connectivity index (χ2v) is 6.21. The fraction of sp³-hybridized carbons (Fsp3) is 0.333. The highest BCUT2D eigenvalue weighted by Crippen LogP contribution is 2.23. The summed E-state index contributed by atoms with van der Waals surface area (Å²) in [5.74, 6) is 0.751. The minimum atomic E-state index is -0.241. The molecule has 1 aromatic heterocycles. The van der Waals surface area contributed by atoms with E-state index in [4.69, 9.17) is 16.3 Å². The molecule has 0 aliphatic carbocycles. The van der Waals surface area contributed by atoms with Gasteiger partial charge in [0, 0.05) is 23.3 Å². The molecule has 24 heavy (non-hydrogen) atoms. The van der Waals surface area contributed by atoms with E-state index in [-0.39, 0.29) is 18.0 Å². The van der Waals surface area contributed by atoms with Gasteiger partial charge in [-0.3, -0.25) is 0 Å². The van der Waals surface area contributed by atoms with E-state index < -0.39 is 0 Å². The quantitative estimate of drug-likeness (QED) is 0.831. The Bertz CT molecular complexity index is 674. The second kappa shape index (κ2) is 8.55. The molecular weight excluding hydrogens is 326 g/mol. The van der Waals surface area contributed by atoms with Crippen LogP contribution in [-0.2, 0) is 6.54 Å². The number of carbonyl (C=O) groups excluding carboxylic acids is 1. The van der Waals surface area contributed by atoms with Gasteiger partial charge < -0.3 is 15.4 Å².